The molecule has 1 unspecified atom stereocenters. The van der Waals surface area contributed by atoms with E-state index in [0.29, 0.717) is 19.4 Å². The van der Waals surface area contributed by atoms with Crippen LogP contribution >= 0.6 is 0 Å². The van der Waals surface area contributed by atoms with E-state index in [1.54, 1.807) is 0 Å². The zero-order valence-electron chi connectivity index (χ0n) is 14.0. The quantitative estimate of drug-likeness (QED) is 0.820. The van der Waals surface area contributed by atoms with Crippen LogP contribution in [0, 0.1) is 5.82 Å². The zero-order chi connectivity index (χ0) is 19.4. The van der Waals surface area contributed by atoms with Crippen molar-refractivity contribution >= 4 is 11.7 Å². The Morgan fingerprint density at radius 1 is 1.19 bits per heavy atom. The Labute approximate surface area is 152 Å². The summed E-state index contributed by atoms with van der Waals surface area (Å²) in [4.78, 5) is 21.3. The number of hydrogen-bond donors (Lipinski definition) is 1. The second-order valence-electron chi connectivity index (χ2n) is 6.02. The molecule has 0 saturated carbocycles. The van der Waals surface area contributed by atoms with E-state index in [4.69, 9.17) is 4.74 Å². The van der Waals surface area contributed by atoms with Crippen LogP contribution in [0.3, 0.4) is 0 Å². The van der Waals surface area contributed by atoms with E-state index in [-0.39, 0.29) is 24.3 Å². The van der Waals surface area contributed by atoms with Gasteiger partial charge in [-0.3, -0.25) is 0 Å². The van der Waals surface area contributed by atoms with Gasteiger partial charge >= 0.3 is 18.2 Å². The predicted molar refractivity (Wildman–Crippen MR) is 87.7 cm³/mol. The smallest absolute Gasteiger partial charge is 0.416 e. The lowest BCUT2D eigenvalue weighted by Gasteiger charge is -2.32. The Bertz CT molecular complexity index is 781. The van der Waals surface area contributed by atoms with Gasteiger partial charge in [0.1, 0.15) is 6.10 Å². The number of benzene rings is 1. The molecule has 1 aromatic heterocycles. The molecule has 1 atom stereocenters. The number of hydrogen-bond acceptors (Lipinski definition) is 4. The van der Waals surface area contributed by atoms with Crippen LogP contribution in [-0.2, 0) is 6.18 Å². The predicted octanol–water partition coefficient (Wildman–Crippen LogP) is 3.71. The van der Waals surface area contributed by atoms with Crippen molar-refractivity contribution in [1.29, 1.82) is 0 Å². The fourth-order valence-corrected chi connectivity index (χ4v) is 2.67. The third kappa shape index (κ3) is 5.05. The highest BCUT2D eigenvalue weighted by atomic mass is 19.4. The third-order valence-electron chi connectivity index (χ3n) is 4.00. The van der Waals surface area contributed by atoms with Crippen LogP contribution in [0.25, 0.3) is 0 Å². The highest BCUT2D eigenvalue weighted by molar-refractivity contribution is 5.89. The molecular formula is C17H16F4N4O2. The number of aromatic nitrogens is 2. The summed E-state index contributed by atoms with van der Waals surface area (Å²) in [6, 6.07) is 3.79. The highest BCUT2D eigenvalue weighted by Crippen LogP contribution is 2.30. The summed E-state index contributed by atoms with van der Waals surface area (Å²) in [5.74, 6) is -0.580. The van der Waals surface area contributed by atoms with Gasteiger partial charge in [0.25, 0.3) is 0 Å². The molecule has 1 aliphatic rings. The number of anilines is 1. The minimum Gasteiger partial charge on any atom is -0.458 e. The minimum absolute atomic E-state index is 0.0198. The molecule has 2 amide bonds. The van der Waals surface area contributed by atoms with Crippen LogP contribution < -0.4 is 10.1 Å². The van der Waals surface area contributed by atoms with Gasteiger partial charge in [0.2, 0.25) is 0 Å². The Kier molecular flexibility index (Phi) is 5.43. The minimum atomic E-state index is -4.43. The fourth-order valence-electron chi connectivity index (χ4n) is 2.67. The summed E-state index contributed by atoms with van der Waals surface area (Å²) in [6.45, 7) is 0.740. The number of urea groups is 1. The topological polar surface area (TPSA) is 67.4 Å². The number of ether oxygens (including phenoxy) is 1. The molecule has 0 aliphatic carbocycles. The van der Waals surface area contributed by atoms with Gasteiger partial charge in [-0.05, 0) is 37.1 Å². The van der Waals surface area contributed by atoms with Gasteiger partial charge in [0.15, 0.2) is 5.82 Å². The fraction of sp³-hybridized carbons (Fsp3) is 0.353. The van der Waals surface area contributed by atoms with E-state index >= 15 is 0 Å². The van der Waals surface area contributed by atoms with Gasteiger partial charge in [-0.1, -0.05) is 0 Å². The summed E-state index contributed by atoms with van der Waals surface area (Å²) in [5.41, 5.74) is -0.524. The van der Waals surface area contributed by atoms with Crippen LogP contribution in [0.4, 0.5) is 28.0 Å². The van der Waals surface area contributed by atoms with Crippen LogP contribution in [0.2, 0.25) is 0 Å². The van der Waals surface area contributed by atoms with E-state index in [9.17, 15) is 22.4 Å². The second kappa shape index (κ2) is 7.77. The van der Waals surface area contributed by atoms with Crippen LogP contribution in [0.1, 0.15) is 18.4 Å². The molecule has 0 spiro atoms. The third-order valence-corrected chi connectivity index (χ3v) is 4.00. The number of carbonyl (C=O) groups is 1. The summed E-state index contributed by atoms with van der Waals surface area (Å²) in [7, 11) is 0. The number of likely N-dealkylation sites (tertiary alicyclic amines) is 1. The molecule has 2 aromatic rings. The molecule has 144 valence electrons. The molecule has 1 aromatic carbocycles. The monoisotopic (exact) mass is 384 g/mol. The number of nitrogens with one attached hydrogen (secondary N) is 1. The average molecular weight is 384 g/mol. The molecule has 1 aliphatic heterocycles. The molecule has 0 radical (unpaired) electrons. The van der Waals surface area contributed by atoms with Crippen LogP contribution in [-0.4, -0.2) is 40.1 Å². The number of halogens is 4. The molecule has 1 N–H and O–H groups in total. The number of amides is 2. The molecule has 10 heteroatoms. The first kappa shape index (κ1) is 18.9. The van der Waals surface area contributed by atoms with E-state index in [0.717, 1.165) is 24.5 Å². The SMILES string of the molecule is O=C(Nc1ccc(C(F)(F)F)cc1)N1CCCC(Oc2ncc(F)cn2)C1. The number of rotatable bonds is 3. The van der Waals surface area contributed by atoms with Crippen molar-refractivity contribution in [2.45, 2.75) is 25.1 Å². The van der Waals surface area contributed by atoms with Crippen molar-refractivity contribution in [3.05, 3.63) is 48.0 Å². The van der Waals surface area contributed by atoms with Crippen molar-refractivity contribution in [1.82, 2.24) is 14.9 Å². The number of nitrogens with zero attached hydrogens (tertiary/aromatic N) is 3. The van der Waals surface area contributed by atoms with Crippen molar-refractivity contribution < 1.29 is 27.1 Å². The number of carbonyl (C=O) groups excluding carboxylic acids is 1. The second-order valence-corrected chi connectivity index (χ2v) is 6.02. The average Bonchev–Trinajstić information content (AvgIpc) is 2.63. The van der Waals surface area contributed by atoms with Crippen LogP contribution in [0.5, 0.6) is 6.01 Å². The largest absolute Gasteiger partial charge is 0.458 e. The first-order valence-electron chi connectivity index (χ1n) is 8.18. The molecule has 0 bridgehead atoms. The summed E-state index contributed by atoms with van der Waals surface area (Å²) >= 11 is 0. The number of piperidine rings is 1. The van der Waals surface area contributed by atoms with E-state index in [1.165, 1.54) is 17.0 Å². The van der Waals surface area contributed by atoms with Crippen LogP contribution in [0.15, 0.2) is 36.7 Å². The zero-order valence-corrected chi connectivity index (χ0v) is 14.0. The first-order valence-corrected chi connectivity index (χ1v) is 8.18. The lowest BCUT2D eigenvalue weighted by molar-refractivity contribution is -0.137. The maximum Gasteiger partial charge on any atom is 0.416 e. The lowest BCUT2D eigenvalue weighted by Crippen LogP contribution is -2.46. The summed E-state index contributed by atoms with van der Waals surface area (Å²) < 4.78 is 56.1. The molecule has 27 heavy (non-hydrogen) atoms. The van der Waals surface area contributed by atoms with Gasteiger partial charge in [-0.15, -0.1) is 0 Å². The highest BCUT2D eigenvalue weighted by Gasteiger charge is 2.30. The summed E-state index contributed by atoms with van der Waals surface area (Å²) in [5, 5.41) is 2.57. The Hall–Kier alpha value is -2.91. The molecule has 3 rings (SSSR count). The van der Waals surface area contributed by atoms with Gasteiger partial charge < -0.3 is 15.0 Å². The van der Waals surface area contributed by atoms with Gasteiger partial charge in [-0.25, -0.2) is 19.2 Å². The maximum absolute atomic E-state index is 12.8. The first-order chi connectivity index (χ1) is 12.8. The van der Waals surface area contributed by atoms with Crippen molar-refractivity contribution in [2.24, 2.45) is 0 Å². The van der Waals surface area contributed by atoms with Gasteiger partial charge in [0.05, 0.1) is 24.5 Å². The van der Waals surface area contributed by atoms with Gasteiger partial charge in [0, 0.05) is 12.2 Å². The Morgan fingerprint density at radius 3 is 2.48 bits per heavy atom. The lowest BCUT2D eigenvalue weighted by atomic mass is 10.1. The van der Waals surface area contributed by atoms with E-state index < -0.39 is 23.6 Å². The number of alkyl halides is 3. The molecular weight excluding hydrogens is 368 g/mol. The van der Waals surface area contributed by atoms with Crippen molar-refractivity contribution in [3.63, 3.8) is 0 Å². The van der Waals surface area contributed by atoms with Crippen molar-refractivity contribution in [2.75, 3.05) is 18.4 Å². The van der Waals surface area contributed by atoms with Crippen molar-refractivity contribution in [3.8, 4) is 6.01 Å². The summed E-state index contributed by atoms with van der Waals surface area (Å²) in [6.07, 6.45) is -1.47. The normalized spacial score (nSPS) is 17.5. The molecule has 6 nitrogen and oxygen atoms in total. The van der Waals surface area contributed by atoms with E-state index in [2.05, 4.69) is 15.3 Å². The van der Waals surface area contributed by atoms with Gasteiger partial charge in [-0.2, -0.15) is 13.2 Å². The maximum atomic E-state index is 12.8. The molecule has 1 saturated heterocycles. The standard InChI is InChI=1S/C17H16F4N4O2/c18-12-8-22-15(23-9-12)27-14-2-1-7-25(10-14)16(26)24-13-5-3-11(4-6-13)17(19,20)21/h3-6,8-9,14H,1-2,7,10H2,(H,24,26). The molecule has 2 heterocycles. The van der Waals surface area contributed by atoms with E-state index in [1.807, 2.05) is 0 Å². The Morgan fingerprint density at radius 2 is 1.85 bits per heavy atom. The molecule has 1 fully saturated rings. The Balaban J connectivity index is 1.57.